The van der Waals surface area contributed by atoms with Gasteiger partial charge in [0.1, 0.15) is 13.2 Å². The van der Waals surface area contributed by atoms with Gasteiger partial charge in [-0.3, -0.25) is 14.4 Å². The molecule has 6 nitrogen and oxygen atoms in total. The highest BCUT2D eigenvalue weighted by Gasteiger charge is 2.19. The van der Waals surface area contributed by atoms with Crippen LogP contribution in [0.2, 0.25) is 0 Å². The molecule has 0 aromatic carbocycles. The van der Waals surface area contributed by atoms with Gasteiger partial charge in [-0.1, -0.05) is 305 Å². The summed E-state index contributed by atoms with van der Waals surface area (Å²) in [7, 11) is 0. The number of ether oxygens (including phenoxy) is 3. The van der Waals surface area contributed by atoms with Crippen LogP contribution in [0.4, 0.5) is 0 Å². The predicted octanol–water partition coefficient (Wildman–Crippen LogP) is 23.1. The fourth-order valence-electron chi connectivity index (χ4n) is 9.62. The van der Waals surface area contributed by atoms with Crippen molar-refractivity contribution in [3.8, 4) is 0 Å². The van der Waals surface area contributed by atoms with Crippen LogP contribution in [0, 0.1) is 0 Å². The van der Waals surface area contributed by atoms with Gasteiger partial charge >= 0.3 is 17.9 Å². The first-order valence-corrected chi connectivity index (χ1v) is 33.6. The molecule has 78 heavy (non-hydrogen) atoms. The SMILES string of the molecule is CC/C=C\C/C=C\C/C=C\C/C=C\C/C=C\C/C=C\CCCCCCC(=O)OCC(COC(=O)CCCCCCC/C=C\CCCCCCC)OC(=O)CCCCCCCCCCCCCCCCCCCCCCCCC. The van der Waals surface area contributed by atoms with E-state index < -0.39 is 6.10 Å². The normalized spacial score (nSPS) is 12.6. The van der Waals surface area contributed by atoms with Gasteiger partial charge < -0.3 is 14.2 Å². The maximum atomic E-state index is 12.9. The van der Waals surface area contributed by atoms with Crippen LogP contribution >= 0.6 is 0 Å². The molecule has 1 unspecified atom stereocenters. The van der Waals surface area contributed by atoms with E-state index in [0.29, 0.717) is 19.3 Å². The maximum Gasteiger partial charge on any atom is 0.306 e. The van der Waals surface area contributed by atoms with E-state index in [4.69, 9.17) is 14.2 Å². The third kappa shape index (κ3) is 63.4. The average Bonchev–Trinajstić information content (AvgIpc) is 3.44. The van der Waals surface area contributed by atoms with Crippen LogP contribution in [-0.4, -0.2) is 37.2 Å². The number of hydrogen-bond donors (Lipinski definition) is 0. The van der Waals surface area contributed by atoms with Crippen molar-refractivity contribution in [2.75, 3.05) is 13.2 Å². The Morgan fingerprint density at radius 3 is 0.795 bits per heavy atom. The molecule has 1 atom stereocenters. The van der Waals surface area contributed by atoms with Gasteiger partial charge in [0.25, 0.3) is 0 Å². The van der Waals surface area contributed by atoms with Gasteiger partial charge in [0.15, 0.2) is 6.10 Å². The molecule has 0 aliphatic carbocycles. The highest BCUT2D eigenvalue weighted by atomic mass is 16.6. The van der Waals surface area contributed by atoms with Crippen molar-refractivity contribution < 1.29 is 28.6 Å². The van der Waals surface area contributed by atoms with E-state index in [-0.39, 0.29) is 31.1 Å². The van der Waals surface area contributed by atoms with Crippen molar-refractivity contribution in [3.63, 3.8) is 0 Å². The number of carbonyl (C=O) groups excluding carboxylic acids is 3. The summed E-state index contributed by atoms with van der Waals surface area (Å²) in [4.78, 5) is 38.4. The second kappa shape index (κ2) is 66.1. The summed E-state index contributed by atoms with van der Waals surface area (Å²) >= 11 is 0. The number of unbranched alkanes of at least 4 members (excludes halogenated alkanes) is 36. The molecule has 0 heterocycles. The van der Waals surface area contributed by atoms with Crippen LogP contribution < -0.4 is 0 Å². The Labute approximate surface area is 484 Å². The molecule has 0 saturated carbocycles. The summed E-state index contributed by atoms with van der Waals surface area (Å²) in [6.07, 6.45) is 87.4. The van der Waals surface area contributed by atoms with Gasteiger partial charge in [0.2, 0.25) is 0 Å². The van der Waals surface area contributed by atoms with Crippen LogP contribution in [-0.2, 0) is 28.6 Å². The van der Waals surface area contributed by atoms with E-state index in [1.807, 2.05) is 0 Å². The van der Waals surface area contributed by atoms with E-state index in [9.17, 15) is 14.4 Å². The molecular formula is C72H126O6. The Balaban J connectivity index is 4.37. The lowest BCUT2D eigenvalue weighted by Crippen LogP contribution is -2.30. The molecule has 0 spiro atoms. The average molecular weight is 1090 g/mol. The Bertz CT molecular complexity index is 1480. The van der Waals surface area contributed by atoms with Crippen LogP contribution in [0.5, 0.6) is 0 Å². The summed E-state index contributed by atoms with van der Waals surface area (Å²) in [5.74, 6) is -0.903. The summed E-state index contributed by atoms with van der Waals surface area (Å²) in [6, 6.07) is 0. The minimum absolute atomic E-state index is 0.0865. The van der Waals surface area contributed by atoms with Crippen LogP contribution in [0.25, 0.3) is 0 Å². The molecule has 0 rings (SSSR count). The molecular weight excluding hydrogens is 961 g/mol. The lowest BCUT2D eigenvalue weighted by molar-refractivity contribution is -0.167. The third-order valence-corrected chi connectivity index (χ3v) is 14.6. The van der Waals surface area contributed by atoms with Gasteiger partial charge in [0.05, 0.1) is 0 Å². The van der Waals surface area contributed by atoms with Crippen molar-refractivity contribution in [2.45, 2.75) is 341 Å². The molecule has 0 N–H and O–H groups in total. The van der Waals surface area contributed by atoms with E-state index in [0.717, 1.165) is 116 Å². The number of allylic oxidation sites excluding steroid dienone is 14. The molecule has 0 aliphatic heterocycles. The van der Waals surface area contributed by atoms with E-state index >= 15 is 0 Å². The molecule has 6 heteroatoms. The highest BCUT2D eigenvalue weighted by Crippen LogP contribution is 2.17. The number of hydrogen-bond acceptors (Lipinski definition) is 6. The molecule has 0 radical (unpaired) electrons. The van der Waals surface area contributed by atoms with E-state index in [2.05, 4.69) is 106 Å². The Morgan fingerprint density at radius 2 is 0.500 bits per heavy atom. The molecule has 0 aromatic heterocycles. The first kappa shape index (κ1) is 74.6. The lowest BCUT2D eigenvalue weighted by Gasteiger charge is -2.18. The zero-order valence-corrected chi connectivity index (χ0v) is 51.7. The summed E-state index contributed by atoms with van der Waals surface area (Å²) in [5.41, 5.74) is 0. The van der Waals surface area contributed by atoms with Crippen molar-refractivity contribution in [1.82, 2.24) is 0 Å². The van der Waals surface area contributed by atoms with Crippen LogP contribution in [0.3, 0.4) is 0 Å². The topological polar surface area (TPSA) is 78.9 Å². The van der Waals surface area contributed by atoms with E-state index in [1.165, 1.54) is 180 Å². The molecule has 0 saturated heterocycles. The fraction of sp³-hybridized carbons (Fsp3) is 0.764. The second-order valence-electron chi connectivity index (χ2n) is 22.4. The van der Waals surface area contributed by atoms with Crippen LogP contribution in [0.15, 0.2) is 85.1 Å². The van der Waals surface area contributed by atoms with Gasteiger partial charge in [-0.05, 0) is 96.3 Å². The van der Waals surface area contributed by atoms with Crippen molar-refractivity contribution in [2.24, 2.45) is 0 Å². The summed E-state index contributed by atoms with van der Waals surface area (Å²) in [5, 5.41) is 0. The number of rotatable bonds is 61. The zero-order chi connectivity index (χ0) is 56.4. The highest BCUT2D eigenvalue weighted by molar-refractivity contribution is 5.71. The molecule has 0 bridgehead atoms. The lowest BCUT2D eigenvalue weighted by atomic mass is 10.0. The zero-order valence-electron chi connectivity index (χ0n) is 51.7. The van der Waals surface area contributed by atoms with Crippen molar-refractivity contribution in [3.05, 3.63) is 85.1 Å². The van der Waals surface area contributed by atoms with Crippen molar-refractivity contribution in [1.29, 1.82) is 0 Å². The smallest absolute Gasteiger partial charge is 0.306 e. The minimum Gasteiger partial charge on any atom is -0.462 e. The Hall–Kier alpha value is -3.41. The van der Waals surface area contributed by atoms with Gasteiger partial charge in [-0.25, -0.2) is 0 Å². The minimum atomic E-state index is -0.791. The second-order valence-corrected chi connectivity index (χ2v) is 22.4. The standard InChI is InChI=1S/C72H126O6/c1-4-7-10-13-16-19-22-25-28-30-32-34-36-38-40-42-44-47-50-53-56-59-62-65-71(74)77-68-69(67-76-70(73)64-61-58-55-52-49-46-27-24-21-18-15-12-9-6-3)78-72(75)66-63-60-57-54-51-48-45-43-41-39-37-35-33-31-29-26-23-20-17-14-11-8-5-2/h7,10,16,19,24-25,27-28,32,34,38,40,44,47,69H,4-6,8-9,11-15,17-18,20-23,26,29-31,33,35-37,39,41-43,45-46,48-68H2,1-3H3/b10-7-,19-16-,27-24-,28-25-,34-32-,40-38-,47-44-. The first-order valence-electron chi connectivity index (χ1n) is 33.6. The molecule has 450 valence electrons. The third-order valence-electron chi connectivity index (χ3n) is 14.6. The maximum absolute atomic E-state index is 12.9. The van der Waals surface area contributed by atoms with Gasteiger partial charge in [-0.2, -0.15) is 0 Å². The van der Waals surface area contributed by atoms with Crippen molar-refractivity contribution >= 4 is 17.9 Å². The molecule has 0 aromatic rings. The van der Waals surface area contributed by atoms with E-state index in [1.54, 1.807) is 0 Å². The fourth-order valence-corrected chi connectivity index (χ4v) is 9.62. The monoisotopic (exact) mass is 1090 g/mol. The predicted molar refractivity (Wildman–Crippen MR) is 339 cm³/mol. The molecule has 0 amide bonds. The molecule has 0 aliphatic rings. The Kier molecular flexibility index (Phi) is 63.2. The van der Waals surface area contributed by atoms with Gasteiger partial charge in [-0.15, -0.1) is 0 Å². The molecule has 0 fully saturated rings. The summed E-state index contributed by atoms with van der Waals surface area (Å²) < 4.78 is 16.9. The quantitative estimate of drug-likeness (QED) is 0.0261. The number of carbonyl (C=O) groups is 3. The largest absolute Gasteiger partial charge is 0.462 e. The van der Waals surface area contributed by atoms with Crippen LogP contribution in [0.1, 0.15) is 335 Å². The number of esters is 3. The first-order chi connectivity index (χ1) is 38.5. The van der Waals surface area contributed by atoms with Gasteiger partial charge in [0, 0.05) is 19.3 Å². The Morgan fingerprint density at radius 1 is 0.269 bits per heavy atom. The summed E-state index contributed by atoms with van der Waals surface area (Å²) in [6.45, 7) is 6.53.